The Hall–Kier alpha value is -1.62. The smallest absolute Gasteiger partial charge is 0.319 e. The first-order valence-corrected chi connectivity index (χ1v) is 4.65. The second kappa shape index (κ2) is 4.27. The molecule has 1 aromatic carbocycles. The van der Waals surface area contributed by atoms with Crippen molar-refractivity contribution in [3.05, 3.63) is 30.1 Å². The fourth-order valence-corrected chi connectivity index (χ4v) is 1.23. The van der Waals surface area contributed by atoms with Crippen LogP contribution in [0.15, 0.2) is 24.3 Å². The zero-order valence-electron chi connectivity index (χ0n) is 8.00. The zero-order chi connectivity index (χ0) is 10.7. The Morgan fingerprint density at radius 2 is 2.13 bits per heavy atom. The molecule has 2 amide bonds. The molecule has 0 aliphatic carbocycles. The number of hydrogen-bond donors (Lipinski definition) is 2. The summed E-state index contributed by atoms with van der Waals surface area (Å²) in [6.07, 6.45) is 0. The predicted octanol–water partition coefficient (Wildman–Crippen LogP) is 1.35. The summed E-state index contributed by atoms with van der Waals surface area (Å²) in [5.41, 5.74) is 0.176. The Balaban J connectivity index is 1.90. The molecule has 0 bridgehead atoms. The van der Waals surface area contributed by atoms with Crippen molar-refractivity contribution < 1.29 is 13.9 Å². The highest BCUT2D eigenvalue weighted by atomic mass is 19.1. The Morgan fingerprint density at radius 3 is 2.73 bits per heavy atom. The third-order valence-corrected chi connectivity index (χ3v) is 2.10. The van der Waals surface area contributed by atoms with Crippen molar-refractivity contribution in [2.45, 2.75) is 6.04 Å². The van der Waals surface area contributed by atoms with Gasteiger partial charge in [0, 0.05) is 0 Å². The van der Waals surface area contributed by atoms with Gasteiger partial charge < -0.3 is 15.4 Å². The van der Waals surface area contributed by atoms with Crippen LogP contribution in [-0.2, 0) is 4.74 Å². The standard InChI is InChI=1S/C10H11FN2O2/c11-8-3-1-2-4-9(8)13-10(14)12-7-5-15-6-7/h1-4,7H,5-6H2,(H2,12,13,14). The summed E-state index contributed by atoms with van der Waals surface area (Å²) in [6, 6.07) is 5.66. The van der Waals surface area contributed by atoms with Gasteiger partial charge in [0.2, 0.25) is 0 Å². The van der Waals surface area contributed by atoms with Crippen LogP contribution in [0.4, 0.5) is 14.9 Å². The minimum Gasteiger partial charge on any atom is -0.377 e. The number of hydrogen-bond acceptors (Lipinski definition) is 2. The lowest BCUT2D eigenvalue weighted by Gasteiger charge is -2.26. The van der Waals surface area contributed by atoms with Crippen molar-refractivity contribution in [2.75, 3.05) is 18.5 Å². The number of urea groups is 1. The van der Waals surface area contributed by atoms with Gasteiger partial charge in [0.25, 0.3) is 0 Å². The van der Waals surface area contributed by atoms with E-state index < -0.39 is 11.8 Å². The molecule has 1 aliphatic rings. The van der Waals surface area contributed by atoms with Crippen LogP contribution in [0.5, 0.6) is 0 Å². The summed E-state index contributed by atoms with van der Waals surface area (Å²) >= 11 is 0. The van der Waals surface area contributed by atoms with E-state index in [0.717, 1.165) is 0 Å². The van der Waals surface area contributed by atoms with Gasteiger partial charge in [0.05, 0.1) is 24.9 Å². The molecule has 2 rings (SSSR count). The number of benzene rings is 1. The van der Waals surface area contributed by atoms with Crippen molar-refractivity contribution in [3.8, 4) is 0 Å². The van der Waals surface area contributed by atoms with E-state index in [-0.39, 0.29) is 11.7 Å². The molecule has 1 heterocycles. The van der Waals surface area contributed by atoms with Gasteiger partial charge in [-0.2, -0.15) is 0 Å². The van der Waals surface area contributed by atoms with Gasteiger partial charge in [0.15, 0.2) is 0 Å². The highest BCUT2D eigenvalue weighted by Crippen LogP contribution is 2.12. The van der Waals surface area contributed by atoms with E-state index in [1.807, 2.05) is 0 Å². The van der Waals surface area contributed by atoms with Crippen molar-refractivity contribution in [1.82, 2.24) is 5.32 Å². The lowest BCUT2D eigenvalue weighted by atomic mass is 10.2. The SMILES string of the molecule is O=C(Nc1ccccc1F)NC1COC1. The topological polar surface area (TPSA) is 50.4 Å². The summed E-state index contributed by atoms with van der Waals surface area (Å²) < 4.78 is 18.0. The van der Waals surface area contributed by atoms with Crippen molar-refractivity contribution in [1.29, 1.82) is 0 Å². The minimum absolute atomic E-state index is 0.0387. The van der Waals surface area contributed by atoms with Crippen LogP contribution >= 0.6 is 0 Å². The molecule has 1 aliphatic heterocycles. The molecule has 2 N–H and O–H groups in total. The van der Waals surface area contributed by atoms with Gasteiger partial charge in [-0.25, -0.2) is 9.18 Å². The molecular weight excluding hydrogens is 199 g/mol. The van der Waals surface area contributed by atoms with E-state index in [2.05, 4.69) is 10.6 Å². The fourth-order valence-electron chi connectivity index (χ4n) is 1.23. The van der Waals surface area contributed by atoms with E-state index >= 15 is 0 Å². The molecule has 1 saturated heterocycles. The molecule has 0 unspecified atom stereocenters. The second-order valence-electron chi connectivity index (χ2n) is 3.31. The van der Waals surface area contributed by atoms with Crippen LogP contribution in [0.2, 0.25) is 0 Å². The van der Waals surface area contributed by atoms with Gasteiger partial charge in [-0.1, -0.05) is 12.1 Å². The van der Waals surface area contributed by atoms with Crippen LogP contribution in [0, 0.1) is 5.82 Å². The maximum atomic E-state index is 13.1. The quantitative estimate of drug-likeness (QED) is 0.774. The molecule has 0 atom stereocenters. The zero-order valence-corrected chi connectivity index (χ0v) is 8.00. The van der Waals surface area contributed by atoms with Crippen molar-refractivity contribution in [2.24, 2.45) is 0 Å². The maximum Gasteiger partial charge on any atom is 0.319 e. The number of nitrogens with one attached hydrogen (secondary N) is 2. The van der Waals surface area contributed by atoms with Crippen LogP contribution in [0.3, 0.4) is 0 Å². The molecule has 0 aromatic heterocycles. The predicted molar refractivity (Wildman–Crippen MR) is 53.2 cm³/mol. The van der Waals surface area contributed by atoms with Gasteiger partial charge in [-0.15, -0.1) is 0 Å². The number of carbonyl (C=O) groups excluding carboxylic acids is 1. The molecule has 0 spiro atoms. The molecule has 0 saturated carbocycles. The summed E-state index contributed by atoms with van der Waals surface area (Å²) in [5, 5.41) is 5.08. The normalized spacial score (nSPS) is 15.5. The van der Waals surface area contributed by atoms with Crippen LogP contribution in [-0.4, -0.2) is 25.3 Å². The van der Waals surface area contributed by atoms with Gasteiger partial charge >= 0.3 is 6.03 Å². The molecule has 15 heavy (non-hydrogen) atoms. The Kier molecular flexibility index (Phi) is 2.82. The largest absolute Gasteiger partial charge is 0.377 e. The number of para-hydroxylation sites is 1. The van der Waals surface area contributed by atoms with E-state index in [4.69, 9.17) is 4.74 Å². The van der Waals surface area contributed by atoms with Crippen LogP contribution in [0.1, 0.15) is 0 Å². The van der Waals surface area contributed by atoms with Crippen molar-refractivity contribution >= 4 is 11.7 Å². The molecule has 0 radical (unpaired) electrons. The summed E-state index contributed by atoms with van der Waals surface area (Å²) in [4.78, 5) is 11.3. The third-order valence-electron chi connectivity index (χ3n) is 2.10. The average molecular weight is 210 g/mol. The highest BCUT2D eigenvalue weighted by molar-refractivity contribution is 5.89. The molecule has 5 heteroatoms. The maximum absolute atomic E-state index is 13.1. The first kappa shape index (κ1) is 9.92. The summed E-state index contributed by atoms with van der Waals surface area (Å²) in [5.74, 6) is -0.447. The minimum atomic E-state index is -0.447. The van der Waals surface area contributed by atoms with Gasteiger partial charge in [-0.3, -0.25) is 0 Å². The molecule has 1 aromatic rings. The molecule has 1 fully saturated rings. The Labute approximate surface area is 86.4 Å². The second-order valence-corrected chi connectivity index (χ2v) is 3.31. The molecule has 80 valence electrons. The number of carbonyl (C=O) groups is 1. The fraction of sp³-hybridized carbons (Fsp3) is 0.300. The van der Waals surface area contributed by atoms with E-state index in [9.17, 15) is 9.18 Å². The molecular formula is C10H11FN2O2. The van der Waals surface area contributed by atoms with E-state index in [0.29, 0.717) is 13.2 Å². The first-order valence-electron chi connectivity index (χ1n) is 4.65. The third kappa shape index (κ3) is 2.44. The van der Waals surface area contributed by atoms with Gasteiger partial charge in [0.1, 0.15) is 5.82 Å². The lowest BCUT2D eigenvalue weighted by Crippen LogP contribution is -2.50. The van der Waals surface area contributed by atoms with Crippen molar-refractivity contribution in [3.63, 3.8) is 0 Å². The highest BCUT2D eigenvalue weighted by Gasteiger charge is 2.20. The number of ether oxygens (including phenoxy) is 1. The monoisotopic (exact) mass is 210 g/mol. The number of rotatable bonds is 2. The lowest BCUT2D eigenvalue weighted by molar-refractivity contribution is 0.000732. The Morgan fingerprint density at radius 1 is 1.40 bits per heavy atom. The summed E-state index contributed by atoms with van der Waals surface area (Å²) in [6.45, 7) is 1.04. The Bertz CT molecular complexity index is 366. The average Bonchev–Trinajstić information content (AvgIpc) is 2.16. The van der Waals surface area contributed by atoms with Gasteiger partial charge in [-0.05, 0) is 12.1 Å². The number of anilines is 1. The van der Waals surface area contributed by atoms with E-state index in [1.165, 1.54) is 12.1 Å². The first-order chi connectivity index (χ1) is 7.25. The number of amides is 2. The number of halogens is 1. The van der Waals surface area contributed by atoms with Crippen LogP contribution in [0.25, 0.3) is 0 Å². The molecule has 4 nitrogen and oxygen atoms in total. The summed E-state index contributed by atoms with van der Waals surface area (Å²) in [7, 11) is 0. The van der Waals surface area contributed by atoms with E-state index in [1.54, 1.807) is 12.1 Å². The van der Waals surface area contributed by atoms with Crippen LogP contribution < -0.4 is 10.6 Å².